The van der Waals surface area contributed by atoms with E-state index in [4.69, 9.17) is 9.84 Å². The summed E-state index contributed by atoms with van der Waals surface area (Å²) in [7, 11) is 0. The maximum absolute atomic E-state index is 10.8. The van der Waals surface area contributed by atoms with Gasteiger partial charge in [-0.3, -0.25) is 0 Å². The molecule has 3 rings (SSSR count). The average Bonchev–Trinajstić information content (AvgIpc) is 2.47. The van der Waals surface area contributed by atoms with Crippen molar-refractivity contribution >= 4 is 28.0 Å². The Hall–Kier alpha value is -1.57. The highest BCUT2D eigenvalue weighted by atomic mass is 79.9. The number of aromatic nitrogens is 2. The molecule has 2 fully saturated rings. The van der Waals surface area contributed by atoms with E-state index in [1.54, 1.807) is 6.20 Å². The van der Waals surface area contributed by atoms with Gasteiger partial charge in [0, 0.05) is 6.04 Å². The van der Waals surface area contributed by atoms with E-state index in [1.165, 1.54) is 17.7 Å². The summed E-state index contributed by atoms with van der Waals surface area (Å²) >= 11 is 3.38. The zero-order valence-corrected chi connectivity index (χ0v) is 14.6. The topological polar surface area (TPSA) is 87.6 Å². The molecule has 0 unspecified atom stereocenters. The van der Waals surface area contributed by atoms with Gasteiger partial charge in [-0.1, -0.05) is 6.92 Å². The van der Waals surface area contributed by atoms with Crippen molar-refractivity contribution < 1.29 is 14.6 Å². The van der Waals surface area contributed by atoms with Crippen LogP contribution in [0, 0.1) is 5.92 Å². The van der Waals surface area contributed by atoms with Gasteiger partial charge in [-0.05, 0) is 47.5 Å². The summed E-state index contributed by atoms with van der Waals surface area (Å²) in [5, 5.41) is 12.2. The Kier molecular flexibility index (Phi) is 4.89. The number of rotatable bonds is 4. The summed E-state index contributed by atoms with van der Waals surface area (Å²) in [5.74, 6) is 1.83. The molecule has 23 heavy (non-hydrogen) atoms. The fraction of sp³-hybridized carbons (Fsp3) is 0.667. The number of carboxylic acid groups (broad SMARTS) is 1. The zero-order valence-electron chi connectivity index (χ0n) is 13.0. The highest BCUT2D eigenvalue weighted by molar-refractivity contribution is 9.10. The van der Waals surface area contributed by atoms with Gasteiger partial charge in [0.1, 0.15) is 6.10 Å². The highest BCUT2D eigenvalue weighted by Crippen LogP contribution is 2.28. The molecule has 0 spiro atoms. The third-order valence-corrected chi connectivity index (χ3v) is 5.00. The highest BCUT2D eigenvalue weighted by Gasteiger charge is 2.33. The maximum atomic E-state index is 10.8. The number of carbonyl (C=O) groups is 1. The van der Waals surface area contributed by atoms with E-state index in [1.807, 2.05) is 0 Å². The van der Waals surface area contributed by atoms with E-state index in [-0.39, 0.29) is 6.10 Å². The van der Waals surface area contributed by atoms with Crippen LogP contribution in [0.15, 0.2) is 10.7 Å². The molecule has 1 aromatic heterocycles. The SMILES string of the molecule is C[C@H]1CC[C@@H](Nc2ncc(Br)c(OC3CN(C(=O)O)C3)n2)CC1. The molecule has 0 bridgehead atoms. The fourth-order valence-corrected chi connectivity index (χ4v) is 3.20. The van der Waals surface area contributed by atoms with Gasteiger partial charge in [-0.25, -0.2) is 9.78 Å². The van der Waals surface area contributed by atoms with E-state index in [0.29, 0.717) is 35.4 Å². The summed E-state index contributed by atoms with van der Waals surface area (Å²) in [6, 6.07) is 0.409. The second-order valence-electron chi connectivity index (χ2n) is 6.38. The number of likely N-dealkylation sites (tertiary alicyclic amines) is 1. The predicted molar refractivity (Wildman–Crippen MR) is 88.8 cm³/mol. The molecule has 1 aliphatic carbocycles. The van der Waals surface area contributed by atoms with Gasteiger partial charge in [0.2, 0.25) is 11.8 Å². The van der Waals surface area contributed by atoms with Crippen molar-refractivity contribution in [2.75, 3.05) is 18.4 Å². The van der Waals surface area contributed by atoms with Gasteiger partial charge in [-0.15, -0.1) is 0 Å². The molecule has 0 aromatic carbocycles. The molecule has 1 aliphatic heterocycles. The fourth-order valence-electron chi connectivity index (χ4n) is 2.92. The van der Waals surface area contributed by atoms with E-state index >= 15 is 0 Å². The summed E-state index contributed by atoms with van der Waals surface area (Å²) < 4.78 is 6.44. The second-order valence-corrected chi connectivity index (χ2v) is 7.23. The van der Waals surface area contributed by atoms with Gasteiger partial charge >= 0.3 is 6.09 Å². The summed E-state index contributed by atoms with van der Waals surface area (Å²) in [4.78, 5) is 20.8. The molecule has 126 valence electrons. The Bertz CT molecular complexity index is 572. The molecule has 8 heteroatoms. The first-order valence-electron chi connectivity index (χ1n) is 7.95. The van der Waals surface area contributed by atoms with Crippen molar-refractivity contribution in [3.63, 3.8) is 0 Å². The van der Waals surface area contributed by atoms with Crippen LogP contribution in [0.25, 0.3) is 0 Å². The van der Waals surface area contributed by atoms with Gasteiger partial charge in [-0.2, -0.15) is 4.98 Å². The summed E-state index contributed by atoms with van der Waals surface area (Å²) in [5.41, 5.74) is 0. The van der Waals surface area contributed by atoms with Gasteiger partial charge in [0.15, 0.2) is 0 Å². The molecule has 1 saturated carbocycles. The molecule has 2 heterocycles. The molecular weight excluding hydrogens is 364 g/mol. The van der Waals surface area contributed by atoms with E-state index in [0.717, 1.165) is 18.8 Å². The Labute approximate surface area is 143 Å². The molecule has 0 radical (unpaired) electrons. The number of hydrogen-bond donors (Lipinski definition) is 2. The van der Waals surface area contributed by atoms with E-state index < -0.39 is 6.09 Å². The van der Waals surface area contributed by atoms with Crippen molar-refractivity contribution in [1.29, 1.82) is 0 Å². The normalized spacial score (nSPS) is 24.9. The van der Waals surface area contributed by atoms with Crippen LogP contribution < -0.4 is 10.1 Å². The van der Waals surface area contributed by atoms with Gasteiger partial charge in [0.25, 0.3) is 0 Å². The number of nitrogens with one attached hydrogen (secondary N) is 1. The lowest BCUT2D eigenvalue weighted by Crippen LogP contribution is -2.55. The number of halogens is 1. The molecule has 0 atom stereocenters. The third-order valence-electron chi connectivity index (χ3n) is 4.46. The summed E-state index contributed by atoms with van der Waals surface area (Å²) in [6.07, 6.45) is 5.32. The van der Waals surface area contributed by atoms with Crippen molar-refractivity contribution in [2.45, 2.75) is 44.8 Å². The maximum Gasteiger partial charge on any atom is 0.407 e. The van der Waals surface area contributed by atoms with E-state index in [2.05, 4.69) is 38.1 Å². The first kappa shape index (κ1) is 16.3. The largest absolute Gasteiger partial charge is 0.470 e. The lowest BCUT2D eigenvalue weighted by Gasteiger charge is -2.36. The Morgan fingerprint density at radius 3 is 2.74 bits per heavy atom. The van der Waals surface area contributed by atoms with Crippen molar-refractivity contribution in [2.24, 2.45) is 5.92 Å². The molecule has 1 amide bonds. The average molecular weight is 385 g/mol. The van der Waals surface area contributed by atoms with Crippen LogP contribution in [-0.4, -0.2) is 51.3 Å². The van der Waals surface area contributed by atoms with Gasteiger partial charge in [0.05, 0.1) is 23.8 Å². The monoisotopic (exact) mass is 384 g/mol. The Balaban J connectivity index is 1.57. The molecular formula is C15H21BrN4O3. The van der Waals surface area contributed by atoms with Crippen LogP contribution in [0.2, 0.25) is 0 Å². The smallest absolute Gasteiger partial charge is 0.407 e. The van der Waals surface area contributed by atoms with Crippen molar-refractivity contribution in [1.82, 2.24) is 14.9 Å². The minimum absolute atomic E-state index is 0.152. The van der Waals surface area contributed by atoms with Gasteiger partial charge < -0.3 is 20.1 Å². The number of ether oxygens (including phenoxy) is 1. The predicted octanol–water partition coefficient (Wildman–Crippen LogP) is 2.97. The van der Waals surface area contributed by atoms with Crippen LogP contribution in [0.1, 0.15) is 32.6 Å². The standard InChI is InChI=1S/C15H21BrN4O3/c1-9-2-4-10(5-3-9)18-14-17-6-12(16)13(19-14)23-11-7-20(8-11)15(21)22/h6,9-11H,2-5,7-8H2,1H3,(H,21,22)(H,17,18,19)/t9-,10+. The first-order valence-corrected chi connectivity index (χ1v) is 8.74. The van der Waals surface area contributed by atoms with Crippen molar-refractivity contribution in [3.8, 4) is 5.88 Å². The lowest BCUT2D eigenvalue weighted by molar-refractivity contribution is 0.0223. The number of amides is 1. The second kappa shape index (κ2) is 6.90. The van der Waals surface area contributed by atoms with Crippen LogP contribution in [0.4, 0.5) is 10.7 Å². The van der Waals surface area contributed by atoms with E-state index in [9.17, 15) is 4.79 Å². The van der Waals surface area contributed by atoms with Crippen LogP contribution >= 0.6 is 15.9 Å². The lowest BCUT2D eigenvalue weighted by atomic mass is 9.87. The minimum Gasteiger partial charge on any atom is -0.470 e. The van der Waals surface area contributed by atoms with Crippen LogP contribution in [0.5, 0.6) is 5.88 Å². The molecule has 2 N–H and O–H groups in total. The Morgan fingerprint density at radius 2 is 2.09 bits per heavy atom. The van der Waals surface area contributed by atoms with Crippen LogP contribution in [-0.2, 0) is 0 Å². The summed E-state index contributed by atoms with van der Waals surface area (Å²) in [6.45, 7) is 3.03. The number of nitrogens with zero attached hydrogens (tertiary/aromatic N) is 3. The third kappa shape index (κ3) is 4.04. The molecule has 1 saturated heterocycles. The minimum atomic E-state index is -0.916. The Morgan fingerprint density at radius 1 is 1.39 bits per heavy atom. The van der Waals surface area contributed by atoms with Crippen LogP contribution in [0.3, 0.4) is 0 Å². The number of anilines is 1. The van der Waals surface area contributed by atoms with Crippen molar-refractivity contribution in [3.05, 3.63) is 10.7 Å². The zero-order chi connectivity index (χ0) is 16.4. The first-order chi connectivity index (χ1) is 11.0. The number of hydrogen-bond acceptors (Lipinski definition) is 5. The molecule has 2 aliphatic rings. The molecule has 7 nitrogen and oxygen atoms in total. The molecule has 1 aromatic rings. The quantitative estimate of drug-likeness (QED) is 0.829.